The number of aromatic nitrogens is 2. The Hall–Kier alpha value is -1.36. The van der Waals surface area contributed by atoms with E-state index in [9.17, 15) is 4.79 Å². The summed E-state index contributed by atoms with van der Waals surface area (Å²) in [7, 11) is 0. The van der Waals surface area contributed by atoms with Gasteiger partial charge in [-0.25, -0.2) is 0 Å². The SMILES string of the molecule is CCN(CC)C(=O)CNc1nnc(Cl)c(C)c1C. The molecule has 0 atom stereocenters. The zero-order valence-electron chi connectivity index (χ0n) is 11.2. The predicted octanol–water partition coefficient (Wildman–Crippen LogP) is 2.03. The fourth-order valence-corrected chi connectivity index (χ4v) is 1.77. The zero-order chi connectivity index (χ0) is 13.7. The highest BCUT2D eigenvalue weighted by atomic mass is 35.5. The lowest BCUT2D eigenvalue weighted by molar-refractivity contribution is -0.128. The van der Waals surface area contributed by atoms with Crippen molar-refractivity contribution in [3.63, 3.8) is 0 Å². The van der Waals surface area contributed by atoms with Crippen molar-refractivity contribution in [3.8, 4) is 0 Å². The van der Waals surface area contributed by atoms with E-state index < -0.39 is 0 Å². The largest absolute Gasteiger partial charge is 0.359 e. The molecule has 0 saturated heterocycles. The average Bonchev–Trinajstić information content (AvgIpc) is 2.36. The second-order valence-electron chi connectivity index (χ2n) is 4.01. The molecule has 1 amide bonds. The van der Waals surface area contributed by atoms with Crippen molar-refractivity contribution in [3.05, 3.63) is 16.3 Å². The second-order valence-corrected chi connectivity index (χ2v) is 4.37. The standard InChI is InChI=1S/C12H19ClN4O/c1-5-17(6-2)10(18)7-14-12-9(4)8(3)11(13)15-16-12/h5-7H2,1-4H3,(H,14,16). The fourth-order valence-electron chi connectivity index (χ4n) is 1.59. The smallest absolute Gasteiger partial charge is 0.241 e. The van der Waals surface area contributed by atoms with Crippen molar-refractivity contribution in [2.45, 2.75) is 27.7 Å². The maximum Gasteiger partial charge on any atom is 0.241 e. The van der Waals surface area contributed by atoms with Crippen LogP contribution in [0, 0.1) is 13.8 Å². The molecule has 0 unspecified atom stereocenters. The molecule has 0 aromatic carbocycles. The number of hydrogen-bond acceptors (Lipinski definition) is 4. The summed E-state index contributed by atoms with van der Waals surface area (Å²) in [4.78, 5) is 13.6. The van der Waals surface area contributed by atoms with Crippen molar-refractivity contribution in [1.82, 2.24) is 15.1 Å². The van der Waals surface area contributed by atoms with Crippen LogP contribution in [-0.2, 0) is 4.79 Å². The third-order valence-corrected chi connectivity index (χ3v) is 3.35. The minimum Gasteiger partial charge on any atom is -0.359 e. The molecule has 1 heterocycles. The van der Waals surface area contributed by atoms with Crippen molar-refractivity contribution in [2.24, 2.45) is 0 Å². The number of likely N-dealkylation sites (N-methyl/N-ethyl adjacent to an activating group) is 1. The molecular formula is C12H19ClN4O. The zero-order valence-corrected chi connectivity index (χ0v) is 12.0. The Morgan fingerprint density at radius 2 is 1.83 bits per heavy atom. The minimum atomic E-state index is 0.0498. The number of halogens is 1. The summed E-state index contributed by atoms with van der Waals surface area (Å²) < 4.78 is 0. The van der Waals surface area contributed by atoms with Crippen LogP contribution >= 0.6 is 11.6 Å². The van der Waals surface area contributed by atoms with Crippen LogP contribution in [-0.4, -0.2) is 40.6 Å². The van der Waals surface area contributed by atoms with Gasteiger partial charge in [0.25, 0.3) is 0 Å². The van der Waals surface area contributed by atoms with Crippen molar-refractivity contribution >= 4 is 23.3 Å². The number of nitrogens with one attached hydrogen (secondary N) is 1. The molecule has 1 aromatic heterocycles. The highest BCUT2D eigenvalue weighted by Crippen LogP contribution is 2.20. The van der Waals surface area contributed by atoms with Gasteiger partial charge in [-0.15, -0.1) is 10.2 Å². The number of rotatable bonds is 5. The molecule has 100 valence electrons. The molecule has 0 fully saturated rings. The molecule has 5 nitrogen and oxygen atoms in total. The lowest BCUT2D eigenvalue weighted by Gasteiger charge is -2.19. The van der Waals surface area contributed by atoms with Crippen LogP contribution < -0.4 is 5.32 Å². The van der Waals surface area contributed by atoms with Crippen LogP contribution in [0.2, 0.25) is 5.15 Å². The van der Waals surface area contributed by atoms with Gasteiger partial charge in [0.15, 0.2) is 11.0 Å². The Morgan fingerprint density at radius 1 is 1.22 bits per heavy atom. The van der Waals surface area contributed by atoms with E-state index in [1.807, 2.05) is 27.7 Å². The number of anilines is 1. The quantitative estimate of drug-likeness (QED) is 0.889. The molecule has 0 radical (unpaired) electrons. The van der Waals surface area contributed by atoms with Crippen LogP contribution in [0.15, 0.2) is 0 Å². The molecule has 0 bridgehead atoms. The second kappa shape index (κ2) is 6.54. The topological polar surface area (TPSA) is 58.1 Å². The number of nitrogens with zero attached hydrogens (tertiary/aromatic N) is 3. The van der Waals surface area contributed by atoms with E-state index in [4.69, 9.17) is 11.6 Å². The fraction of sp³-hybridized carbons (Fsp3) is 0.583. The van der Waals surface area contributed by atoms with Gasteiger partial charge in [0.2, 0.25) is 5.91 Å². The third-order valence-electron chi connectivity index (χ3n) is 2.99. The maximum atomic E-state index is 11.8. The summed E-state index contributed by atoms with van der Waals surface area (Å²) in [6, 6.07) is 0. The summed E-state index contributed by atoms with van der Waals surface area (Å²) in [6.45, 7) is 9.34. The first-order valence-corrected chi connectivity index (χ1v) is 6.40. The number of carbonyl (C=O) groups excluding carboxylic acids is 1. The molecule has 1 rings (SSSR count). The van der Waals surface area contributed by atoms with Crippen molar-refractivity contribution in [2.75, 3.05) is 25.0 Å². The summed E-state index contributed by atoms with van der Waals surface area (Å²) >= 11 is 5.87. The minimum absolute atomic E-state index is 0.0498. The molecule has 18 heavy (non-hydrogen) atoms. The van der Waals surface area contributed by atoms with Gasteiger partial charge < -0.3 is 10.2 Å². The molecular weight excluding hydrogens is 252 g/mol. The number of amides is 1. The van der Waals surface area contributed by atoms with E-state index in [2.05, 4.69) is 15.5 Å². The lowest BCUT2D eigenvalue weighted by atomic mass is 10.2. The van der Waals surface area contributed by atoms with E-state index in [0.29, 0.717) is 24.1 Å². The van der Waals surface area contributed by atoms with E-state index >= 15 is 0 Å². The van der Waals surface area contributed by atoms with E-state index in [1.165, 1.54) is 0 Å². The first-order valence-electron chi connectivity index (χ1n) is 6.02. The normalized spacial score (nSPS) is 10.3. The molecule has 0 aliphatic heterocycles. The van der Waals surface area contributed by atoms with Crippen LogP contribution in [0.1, 0.15) is 25.0 Å². The number of hydrogen-bond donors (Lipinski definition) is 1. The van der Waals surface area contributed by atoms with E-state index in [1.54, 1.807) is 4.90 Å². The van der Waals surface area contributed by atoms with Crippen LogP contribution in [0.4, 0.5) is 5.82 Å². The van der Waals surface area contributed by atoms with Crippen LogP contribution in [0.25, 0.3) is 0 Å². The summed E-state index contributed by atoms with van der Waals surface area (Å²) in [6.07, 6.45) is 0. The Kier molecular flexibility index (Phi) is 5.34. The van der Waals surface area contributed by atoms with Crippen LogP contribution in [0.5, 0.6) is 0 Å². The summed E-state index contributed by atoms with van der Waals surface area (Å²) in [5.41, 5.74) is 1.80. The van der Waals surface area contributed by atoms with Gasteiger partial charge in [0.1, 0.15) is 0 Å². The first kappa shape index (κ1) is 14.7. The van der Waals surface area contributed by atoms with Gasteiger partial charge in [0, 0.05) is 13.1 Å². The molecule has 0 aliphatic carbocycles. The molecule has 1 N–H and O–H groups in total. The molecule has 0 saturated carbocycles. The molecule has 1 aromatic rings. The van der Waals surface area contributed by atoms with Gasteiger partial charge >= 0.3 is 0 Å². The van der Waals surface area contributed by atoms with E-state index in [0.717, 1.165) is 11.1 Å². The van der Waals surface area contributed by atoms with Gasteiger partial charge in [-0.3, -0.25) is 4.79 Å². The molecule has 0 aliphatic rings. The lowest BCUT2D eigenvalue weighted by Crippen LogP contribution is -2.35. The first-order chi connectivity index (χ1) is 8.51. The Balaban J connectivity index is 2.70. The molecule has 0 spiro atoms. The maximum absolute atomic E-state index is 11.8. The van der Waals surface area contributed by atoms with Crippen molar-refractivity contribution in [1.29, 1.82) is 0 Å². The molecule has 6 heteroatoms. The van der Waals surface area contributed by atoms with Gasteiger partial charge in [-0.2, -0.15) is 0 Å². The Labute approximate surface area is 113 Å². The van der Waals surface area contributed by atoms with Gasteiger partial charge in [-0.05, 0) is 38.8 Å². The van der Waals surface area contributed by atoms with Gasteiger partial charge in [-0.1, -0.05) is 11.6 Å². The Morgan fingerprint density at radius 3 is 2.39 bits per heavy atom. The highest BCUT2D eigenvalue weighted by molar-refractivity contribution is 6.30. The summed E-state index contributed by atoms with van der Waals surface area (Å²) in [5.74, 6) is 0.659. The third kappa shape index (κ3) is 3.32. The number of carbonyl (C=O) groups is 1. The van der Waals surface area contributed by atoms with E-state index in [-0.39, 0.29) is 12.5 Å². The Bertz CT molecular complexity index is 432. The average molecular weight is 271 g/mol. The predicted molar refractivity (Wildman–Crippen MR) is 72.9 cm³/mol. The monoisotopic (exact) mass is 270 g/mol. The van der Waals surface area contributed by atoms with Crippen LogP contribution in [0.3, 0.4) is 0 Å². The highest BCUT2D eigenvalue weighted by Gasteiger charge is 2.12. The van der Waals surface area contributed by atoms with Gasteiger partial charge in [0.05, 0.1) is 6.54 Å². The van der Waals surface area contributed by atoms with Crippen molar-refractivity contribution < 1.29 is 4.79 Å². The summed E-state index contributed by atoms with van der Waals surface area (Å²) in [5, 5.41) is 11.2.